The fraction of sp³-hybridized carbons (Fsp3) is 0.929. The number of rotatable bonds is 3. The van der Waals surface area contributed by atoms with E-state index in [1.54, 1.807) is 0 Å². The summed E-state index contributed by atoms with van der Waals surface area (Å²) in [5.74, 6) is 0.568. The first-order valence-corrected chi connectivity index (χ1v) is 6.71. The Morgan fingerprint density at radius 3 is 2.47 bits per heavy atom. The third-order valence-electron chi connectivity index (χ3n) is 5.04. The first kappa shape index (κ1) is 12.9. The molecule has 3 nitrogen and oxygen atoms in total. The van der Waals surface area contributed by atoms with Crippen LogP contribution in [0.25, 0.3) is 0 Å². The SMILES string of the molecule is CCC(C)(C)C1CCC2(CC1)OC2C(=O)OC. The van der Waals surface area contributed by atoms with Crippen LogP contribution in [0.1, 0.15) is 52.9 Å². The molecule has 2 fully saturated rings. The lowest BCUT2D eigenvalue weighted by atomic mass is 9.67. The van der Waals surface area contributed by atoms with Gasteiger partial charge in [0.05, 0.1) is 7.11 Å². The molecule has 0 aromatic carbocycles. The molecule has 0 aromatic heterocycles. The van der Waals surface area contributed by atoms with Crippen LogP contribution in [0.4, 0.5) is 0 Å². The Kier molecular flexibility index (Phi) is 3.23. The second-order valence-corrected chi connectivity index (χ2v) is 6.20. The third kappa shape index (κ3) is 2.22. The van der Waals surface area contributed by atoms with Crippen LogP contribution in [0.2, 0.25) is 0 Å². The monoisotopic (exact) mass is 240 g/mol. The summed E-state index contributed by atoms with van der Waals surface area (Å²) in [7, 11) is 1.43. The number of ether oxygens (including phenoxy) is 2. The first-order chi connectivity index (χ1) is 7.95. The molecular formula is C14H24O3. The summed E-state index contributed by atoms with van der Waals surface area (Å²) in [5.41, 5.74) is 0.255. The molecule has 2 aliphatic rings. The van der Waals surface area contributed by atoms with Crippen LogP contribution in [0.5, 0.6) is 0 Å². The average molecular weight is 240 g/mol. The van der Waals surface area contributed by atoms with Crippen LogP contribution < -0.4 is 0 Å². The van der Waals surface area contributed by atoms with Gasteiger partial charge in [-0.25, -0.2) is 4.79 Å². The molecule has 1 aliphatic heterocycles. The maximum Gasteiger partial charge on any atom is 0.338 e. The molecule has 0 amide bonds. The fourth-order valence-corrected chi connectivity index (χ4v) is 3.13. The molecule has 98 valence electrons. The van der Waals surface area contributed by atoms with Crippen LogP contribution in [0.15, 0.2) is 0 Å². The summed E-state index contributed by atoms with van der Waals surface area (Å²) >= 11 is 0. The molecule has 1 atom stereocenters. The van der Waals surface area contributed by atoms with Gasteiger partial charge in [0, 0.05) is 0 Å². The predicted octanol–water partition coefficient (Wildman–Crippen LogP) is 2.92. The van der Waals surface area contributed by atoms with Crippen molar-refractivity contribution in [3.8, 4) is 0 Å². The molecule has 0 bridgehead atoms. The number of methoxy groups -OCH3 is 1. The maximum absolute atomic E-state index is 11.4. The van der Waals surface area contributed by atoms with Gasteiger partial charge >= 0.3 is 5.97 Å². The van der Waals surface area contributed by atoms with Crippen molar-refractivity contribution in [2.45, 2.75) is 64.6 Å². The Morgan fingerprint density at radius 2 is 2.00 bits per heavy atom. The molecule has 1 aliphatic carbocycles. The lowest BCUT2D eigenvalue weighted by Crippen LogP contribution is -2.33. The standard InChI is InChI=1S/C14H24O3/c1-5-13(2,3)10-6-8-14(9-7-10)11(17-14)12(15)16-4/h10-11H,5-9H2,1-4H3. The quantitative estimate of drug-likeness (QED) is 0.562. The van der Waals surface area contributed by atoms with Gasteiger partial charge in [0.1, 0.15) is 5.60 Å². The van der Waals surface area contributed by atoms with Gasteiger partial charge in [-0.05, 0) is 37.0 Å². The first-order valence-electron chi connectivity index (χ1n) is 6.71. The predicted molar refractivity (Wildman–Crippen MR) is 65.7 cm³/mol. The molecule has 0 aromatic rings. The van der Waals surface area contributed by atoms with E-state index in [1.807, 2.05) is 0 Å². The number of esters is 1. The smallest absolute Gasteiger partial charge is 0.338 e. The largest absolute Gasteiger partial charge is 0.467 e. The molecule has 1 unspecified atom stereocenters. The van der Waals surface area contributed by atoms with Crippen molar-refractivity contribution in [2.24, 2.45) is 11.3 Å². The minimum absolute atomic E-state index is 0.159. The Hall–Kier alpha value is -0.570. The van der Waals surface area contributed by atoms with Gasteiger partial charge in [-0.15, -0.1) is 0 Å². The van der Waals surface area contributed by atoms with Crippen LogP contribution in [0, 0.1) is 11.3 Å². The Bertz CT molecular complexity index is 301. The van der Waals surface area contributed by atoms with E-state index >= 15 is 0 Å². The lowest BCUT2D eigenvalue weighted by Gasteiger charge is -2.38. The number of hydrogen-bond acceptors (Lipinski definition) is 3. The van der Waals surface area contributed by atoms with E-state index in [0.717, 1.165) is 18.8 Å². The highest BCUT2D eigenvalue weighted by Gasteiger charge is 2.62. The highest BCUT2D eigenvalue weighted by atomic mass is 16.7. The van der Waals surface area contributed by atoms with E-state index < -0.39 is 0 Å². The minimum Gasteiger partial charge on any atom is -0.467 e. The van der Waals surface area contributed by atoms with Crippen molar-refractivity contribution < 1.29 is 14.3 Å². The highest BCUT2D eigenvalue weighted by molar-refractivity contribution is 5.79. The van der Waals surface area contributed by atoms with Gasteiger partial charge < -0.3 is 9.47 Å². The molecule has 0 radical (unpaired) electrons. The summed E-state index contributed by atoms with van der Waals surface area (Å²) in [5, 5.41) is 0. The van der Waals surface area contributed by atoms with Crippen LogP contribution in [-0.2, 0) is 14.3 Å². The normalized spacial score (nSPS) is 36.9. The maximum atomic E-state index is 11.4. The summed E-state index contributed by atoms with van der Waals surface area (Å²) in [6, 6.07) is 0. The summed E-state index contributed by atoms with van der Waals surface area (Å²) in [6.07, 6.45) is 5.31. The molecule has 0 N–H and O–H groups in total. The van der Waals surface area contributed by atoms with Crippen molar-refractivity contribution in [3.05, 3.63) is 0 Å². The second-order valence-electron chi connectivity index (χ2n) is 6.20. The topological polar surface area (TPSA) is 38.8 Å². The van der Waals surface area contributed by atoms with Gasteiger partial charge in [0.25, 0.3) is 0 Å². The summed E-state index contributed by atoms with van der Waals surface area (Å²) < 4.78 is 10.4. The summed E-state index contributed by atoms with van der Waals surface area (Å²) in [6.45, 7) is 6.96. The third-order valence-corrected chi connectivity index (χ3v) is 5.04. The Labute approximate surface area is 104 Å². The van der Waals surface area contributed by atoms with Crippen molar-refractivity contribution in [2.75, 3.05) is 7.11 Å². The number of carbonyl (C=O) groups is 1. The lowest BCUT2D eigenvalue weighted by molar-refractivity contribution is -0.142. The van der Waals surface area contributed by atoms with Gasteiger partial charge in [-0.1, -0.05) is 27.2 Å². The van der Waals surface area contributed by atoms with Gasteiger partial charge in [-0.3, -0.25) is 0 Å². The van der Waals surface area contributed by atoms with E-state index in [9.17, 15) is 4.79 Å². The van der Waals surface area contributed by atoms with E-state index in [-0.39, 0.29) is 17.7 Å². The number of epoxide rings is 1. The molecule has 1 spiro atoms. The molecular weight excluding hydrogens is 216 g/mol. The van der Waals surface area contributed by atoms with E-state index in [2.05, 4.69) is 20.8 Å². The summed E-state index contributed by atoms with van der Waals surface area (Å²) in [4.78, 5) is 11.4. The highest BCUT2D eigenvalue weighted by Crippen LogP contribution is 2.53. The Balaban J connectivity index is 1.90. The van der Waals surface area contributed by atoms with Crippen molar-refractivity contribution in [1.82, 2.24) is 0 Å². The number of hydrogen-bond donors (Lipinski definition) is 0. The Morgan fingerprint density at radius 1 is 1.41 bits per heavy atom. The molecule has 1 saturated carbocycles. The zero-order valence-corrected chi connectivity index (χ0v) is 11.4. The van der Waals surface area contributed by atoms with Crippen LogP contribution >= 0.6 is 0 Å². The van der Waals surface area contributed by atoms with Gasteiger partial charge in [0.15, 0.2) is 6.10 Å². The van der Waals surface area contributed by atoms with Crippen molar-refractivity contribution in [1.29, 1.82) is 0 Å². The van der Waals surface area contributed by atoms with E-state index in [4.69, 9.17) is 9.47 Å². The van der Waals surface area contributed by atoms with Gasteiger partial charge in [0.2, 0.25) is 0 Å². The molecule has 1 saturated heterocycles. The average Bonchev–Trinajstić information content (AvgIpc) is 3.03. The van der Waals surface area contributed by atoms with E-state index in [0.29, 0.717) is 5.41 Å². The zero-order valence-electron chi connectivity index (χ0n) is 11.4. The van der Waals surface area contributed by atoms with Crippen molar-refractivity contribution >= 4 is 5.97 Å². The van der Waals surface area contributed by atoms with Crippen molar-refractivity contribution in [3.63, 3.8) is 0 Å². The van der Waals surface area contributed by atoms with Crippen LogP contribution in [0.3, 0.4) is 0 Å². The van der Waals surface area contributed by atoms with Gasteiger partial charge in [-0.2, -0.15) is 0 Å². The molecule has 17 heavy (non-hydrogen) atoms. The molecule has 2 rings (SSSR count). The minimum atomic E-state index is -0.279. The van der Waals surface area contributed by atoms with Crippen LogP contribution in [-0.4, -0.2) is 24.8 Å². The van der Waals surface area contributed by atoms with E-state index in [1.165, 1.54) is 26.4 Å². The second kappa shape index (κ2) is 4.27. The number of carbonyl (C=O) groups excluding carboxylic acids is 1. The molecule has 3 heteroatoms. The zero-order chi connectivity index (χ0) is 12.7. The molecule has 1 heterocycles. The fourth-order valence-electron chi connectivity index (χ4n) is 3.13.